The summed E-state index contributed by atoms with van der Waals surface area (Å²) in [4.78, 5) is 24.4. The molecular formula is C22H22N2O3. The van der Waals surface area contributed by atoms with Crippen LogP contribution < -0.4 is 10.6 Å². The van der Waals surface area contributed by atoms with E-state index < -0.39 is 0 Å². The van der Waals surface area contributed by atoms with Crippen LogP contribution in [0.1, 0.15) is 47.2 Å². The van der Waals surface area contributed by atoms with E-state index in [4.69, 9.17) is 4.42 Å². The van der Waals surface area contributed by atoms with Gasteiger partial charge in [-0.05, 0) is 59.5 Å². The predicted octanol–water partition coefficient (Wildman–Crippen LogP) is 5.08. The molecule has 5 heteroatoms. The Morgan fingerprint density at radius 1 is 0.778 bits per heavy atom. The average molecular weight is 362 g/mol. The number of benzene rings is 2. The first-order valence-electron chi connectivity index (χ1n) is 8.70. The van der Waals surface area contributed by atoms with Gasteiger partial charge in [0.25, 0.3) is 11.8 Å². The third-order valence-electron chi connectivity index (χ3n) is 4.16. The highest BCUT2D eigenvalue weighted by atomic mass is 16.3. The lowest BCUT2D eigenvalue weighted by molar-refractivity contribution is 0.0995. The fourth-order valence-electron chi connectivity index (χ4n) is 2.56. The number of hydrogen-bond acceptors (Lipinski definition) is 3. The van der Waals surface area contributed by atoms with Crippen molar-refractivity contribution >= 4 is 23.2 Å². The zero-order valence-electron chi connectivity index (χ0n) is 15.6. The molecule has 2 aromatic carbocycles. The first-order valence-corrected chi connectivity index (χ1v) is 8.70. The van der Waals surface area contributed by atoms with Crippen LogP contribution in [0.3, 0.4) is 0 Å². The maximum Gasteiger partial charge on any atom is 0.291 e. The molecule has 5 nitrogen and oxygen atoms in total. The van der Waals surface area contributed by atoms with Crippen LogP contribution in [0.15, 0.2) is 71.3 Å². The van der Waals surface area contributed by atoms with E-state index in [0.29, 0.717) is 11.3 Å². The standard InChI is InChI=1S/C22H22N2O3/c1-22(2,3)16-8-12-18(13-9-16)23-20(25)15-6-10-17(11-7-15)24-21(26)19-5-4-14-27-19/h4-14H,1-3H3,(H,23,25)(H,24,26). The molecule has 3 rings (SSSR count). The van der Waals surface area contributed by atoms with Gasteiger partial charge in [-0.1, -0.05) is 32.9 Å². The Bertz CT molecular complexity index is 919. The van der Waals surface area contributed by atoms with E-state index >= 15 is 0 Å². The second kappa shape index (κ2) is 7.50. The Kier molecular flexibility index (Phi) is 5.12. The zero-order valence-corrected chi connectivity index (χ0v) is 15.6. The Labute approximate surface area is 158 Å². The summed E-state index contributed by atoms with van der Waals surface area (Å²) in [5.41, 5.74) is 3.10. The van der Waals surface area contributed by atoms with E-state index in [1.165, 1.54) is 11.8 Å². The molecule has 0 radical (unpaired) electrons. The smallest absolute Gasteiger partial charge is 0.291 e. The van der Waals surface area contributed by atoms with E-state index in [0.717, 1.165) is 5.69 Å². The van der Waals surface area contributed by atoms with Crippen LogP contribution in [-0.2, 0) is 5.41 Å². The van der Waals surface area contributed by atoms with Gasteiger partial charge < -0.3 is 15.1 Å². The summed E-state index contributed by atoms with van der Waals surface area (Å²) >= 11 is 0. The van der Waals surface area contributed by atoms with Crippen molar-refractivity contribution in [2.24, 2.45) is 0 Å². The van der Waals surface area contributed by atoms with Gasteiger partial charge in [0, 0.05) is 16.9 Å². The third kappa shape index (κ3) is 4.64. The van der Waals surface area contributed by atoms with Gasteiger partial charge in [-0.15, -0.1) is 0 Å². The molecular weight excluding hydrogens is 340 g/mol. The second-order valence-electron chi connectivity index (χ2n) is 7.29. The van der Waals surface area contributed by atoms with Gasteiger partial charge in [0.15, 0.2) is 5.76 Å². The SMILES string of the molecule is CC(C)(C)c1ccc(NC(=O)c2ccc(NC(=O)c3ccco3)cc2)cc1. The van der Waals surface area contributed by atoms with Crippen molar-refractivity contribution in [1.29, 1.82) is 0 Å². The number of amides is 2. The van der Waals surface area contributed by atoms with Gasteiger partial charge in [0.2, 0.25) is 0 Å². The molecule has 138 valence electrons. The number of carbonyl (C=O) groups excluding carboxylic acids is 2. The number of furan rings is 1. The van der Waals surface area contributed by atoms with E-state index in [-0.39, 0.29) is 23.0 Å². The minimum absolute atomic E-state index is 0.0679. The van der Waals surface area contributed by atoms with Crippen molar-refractivity contribution in [3.8, 4) is 0 Å². The first-order chi connectivity index (χ1) is 12.8. The van der Waals surface area contributed by atoms with Gasteiger partial charge in [0.05, 0.1) is 6.26 Å². The molecule has 2 amide bonds. The quantitative estimate of drug-likeness (QED) is 0.680. The molecule has 0 saturated carbocycles. The van der Waals surface area contributed by atoms with Gasteiger partial charge in [0.1, 0.15) is 0 Å². The summed E-state index contributed by atoms with van der Waals surface area (Å²) in [5, 5.41) is 5.59. The molecule has 0 aliphatic carbocycles. The van der Waals surface area contributed by atoms with Crippen molar-refractivity contribution in [1.82, 2.24) is 0 Å². The minimum Gasteiger partial charge on any atom is -0.459 e. The average Bonchev–Trinajstić information content (AvgIpc) is 3.17. The Morgan fingerprint density at radius 2 is 1.33 bits per heavy atom. The van der Waals surface area contributed by atoms with Crippen LogP contribution in [-0.4, -0.2) is 11.8 Å². The molecule has 0 unspecified atom stereocenters. The molecule has 0 aliphatic rings. The number of nitrogens with one attached hydrogen (secondary N) is 2. The molecule has 1 heterocycles. The van der Waals surface area contributed by atoms with Crippen molar-refractivity contribution in [2.75, 3.05) is 10.6 Å². The summed E-state index contributed by atoms with van der Waals surface area (Å²) in [6.07, 6.45) is 1.44. The van der Waals surface area contributed by atoms with Gasteiger partial charge in [-0.2, -0.15) is 0 Å². The molecule has 0 spiro atoms. The van der Waals surface area contributed by atoms with Crippen molar-refractivity contribution < 1.29 is 14.0 Å². The van der Waals surface area contributed by atoms with Crippen molar-refractivity contribution in [3.63, 3.8) is 0 Å². The summed E-state index contributed by atoms with van der Waals surface area (Å²) in [7, 11) is 0. The molecule has 2 N–H and O–H groups in total. The Hall–Kier alpha value is -3.34. The van der Waals surface area contributed by atoms with E-state index in [9.17, 15) is 9.59 Å². The predicted molar refractivity (Wildman–Crippen MR) is 106 cm³/mol. The highest BCUT2D eigenvalue weighted by Gasteiger charge is 2.14. The van der Waals surface area contributed by atoms with Crippen LogP contribution in [0.2, 0.25) is 0 Å². The highest BCUT2D eigenvalue weighted by Crippen LogP contribution is 2.23. The van der Waals surface area contributed by atoms with Crippen molar-refractivity contribution in [2.45, 2.75) is 26.2 Å². The summed E-state index contributed by atoms with van der Waals surface area (Å²) < 4.78 is 5.05. The lowest BCUT2D eigenvalue weighted by atomic mass is 9.87. The lowest BCUT2D eigenvalue weighted by Gasteiger charge is -2.19. The van der Waals surface area contributed by atoms with Gasteiger partial charge in [-0.3, -0.25) is 9.59 Å². The normalized spacial score (nSPS) is 11.1. The first kappa shape index (κ1) is 18.5. The molecule has 27 heavy (non-hydrogen) atoms. The number of rotatable bonds is 4. The minimum atomic E-state index is -0.337. The lowest BCUT2D eigenvalue weighted by Crippen LogP contribution is -2.14. The van der Waals surface area contributed by atoms with E-state index in [1.54, 1.807) is 36.4 Å². The molecule has 1 aromatic heterocycles. The maximum absolute atomic E-state index is 12.4. The number of hydrogen-bond donors (Lipinski definition) is 2. The fraction of sp³-hybridized carbons (Fsp3) is 0.182. The Balaban J connectivity index is 1.63. The highest BCUT2D eigenvalue weighted by molar-refractivity contribution is 6.05. The molecule has 0 fully saturated rings. The molecule has 0 atom stereocenters. The van der Waals surface area contributed by atoms with Crippen LogP contribution in [0.25, 0.3) is 0 Å². The van der Waals surface area contributed by atoms with Crippen molar-refractivity contribution in [3.05, 3.63) is 83.8 Å². The summed E-state index contributed by atoms with van der Waals surface area (Å²) in [6.45, 7) is 6.44. The molecule has 0 bridgehead atoms. The van der Waals surface area contributed by atoms with E-state index in [1.807, 2.05) is 24.3 Å². The maximum atomic E-state index is 12.4. The van der Waals surface area contributed by atoms with Crippen LogP contribution in [0.5, 0.6) is 0 Å². The van der Waals surface area contributed by atoms with Crippen LogP contribution >= 0.6 is 0 Å². The molecule has 3 aromatic rings. The number of anilines is 2. The molecule has 0 aliphatic heterocycles. The summed E-state index contributed by atoms with van der Waals surface area (Å²) in [5.74, 6) is -0.311. The summed E-state index contributed by atoms with van der Waals surface area (Å²) in [6, 6.07) is 17.8. The van der Waals surface area contributed by atoms with Gasteiger partial charge >= 0.3 is 0 Å². The zero-order chi connectivity index (χ0) is 19.4. The second-order valence-corrected chi connectivity index (χ2v) is 7.29. The van der Waals surface area contributed by atoms with Crippen LogP contribution in [0.4, 0.5) is 11.4 Å². The topological polar surface area (TPSA) is 71.3 Å². The monoisotopic (exact) mass is 362 g/mol. The molecule has 0 saturated heterocycles. The van der Waals surface area contributed by atoms with Crippen LogP contribution in [0, 0.1) is 0 Å². The Morgan fingerprint density at radius 3 is 1.85 bits per heavy atom. The van der Waals surface area contributed by atoms with Gasteiger partial charge in [-0.25, -0.2) is 0 Å². The van der Waals surface area contributed by atoms with E-state index in [2.05, 4.69) is 31.4 Å². The number of carbonyl (C=O) groups is 2. The third-order valence-corrected chi connectivity index (χ3v) is 4.16. The fourth-order valence-corrected chi connectivity index (χ4v) is 2.56. The largest absolute Gasteiger partial charge is 0.459 e.